The summed E-state index contributed by atoms with van der Waals surface area (Å²) in [6.45, 7) is 0. The van der Waals surface area contributed by atoms with Gasteiger partial charge in [-0.1, -0.05) is 72.8 Å². The summed E-state index contributed by atoms with van der Waals surface area (Å²) < 4.78 is 0. The van der Waals surface area contributed by atoms with Crippen molar-refractivity contribution in [1.29, 1.82) is 0 Å². The third-order valence-corrected chi connectivity index (χ3v) is 8.61. The van der Waals surface area contributed by atoms with E-state index < -0.39 is 0 Å². The van der Waals surface area contributed by atoms with Gasteiger partial charge in [-0.25, -0.2) is 0 Å². The third-order valence-electron chi connectivity index (χ3n) is 8.61. The first-order chi connectivity index (χ1) is 17.7. The van der Waals surface area contributed by atoms with Crippen LogP contribution in [-0.4, -0.2) is 10.2 Å². The van der Waals surface area contributed by atoms with Gasteiger partial charge in [-0.2, -0.15) is 0 Å². The highest BCUT2D eigenvalue weighted by Gasteiger charge is 2.28. The van der Waals surface area contributed by atoms with E-state index in [1.807, 2.05) is 12.1 Å². The van der Waals surface area contributed by atoms with Crippen molar-refractivity contribution in [2.24, 2.45) is 0 Å². The molecule has 0 fully saturated rings. The zero-order chi connectivity index (χ0) is 23.7. The first-order valence-corrected chi connectivity index (χ1v) is 12.5. The van der Waals surface area contributed by atoms with Gasteiger partial charge in [-0.15, -0.1) is 0 Å². The summed E-state index contributed by atoms with van der Waals surface area (Å²) in [5.41, 5.74) is 9.62. The van der Waals surface area contributed by atoms with Gasteiger partial charge in [0.2, 0.25) is 0 Å². The minimum atomic E-state index is 0.227. The summed E-state index contributed by atoms with van der Waals surface area (Å²) >= 11 is 0. The molecule has 168 valence electrons. The van der Waals surface area contributed by atoms with E-state index in [2.05, 4.69) is 72.8 Å². The Bertz CT molecular complexity index is 1960. The Morgan fingerprint density at radius 3 is 1.31 bits per heavy atom. The molecule has 0 radical (unpaired) electrons. The predicted octanol–water partition coefficient (Wildman–Crippen LogP) is 8.29. The van der Waals surface area contributed by atoms with Gasteiger partial charge in [-0.3, -0.25) is 0 Å². The van der Waals surface area contributed by atoms with E-state index in [0.717, 1.165) is 56.3 Å². The number of rotatable bonds is 0. The third kappa shape index (κ3) is 2.06. The fourth-order valence-corrected chi connectivity index (χ4v) is 7.20. The van der Waals surface area contributed by atoms with E-state index in [0.29, 0.717) is 0 Å². The number of fused-ring (bicyclic) bond motifs is 6. The Labute approximate surface area is 207 Å². The molecule has 0 spiro atoms. The fraction of sp³-hybridized carbons (Fsp3) is 0.0588. The fourth-order valence-electron chi connectivity index (χ4n) is 7.20. The van der Waals surface area contributed by atoms with E-state index in [1.165, 1.54) is 44.2 Å². The summed E-state index contributed by atoms with van der Waals surface area (Å²) in [4.78, 5) is 0. The Kier molecular flexibility index (Phi) is 3.21. The second-order valence-corrected chi connectivity index (χ2v) is 10.3. The molecule has 0 aromatic heterocycles. The molecule has 0 saturated heterocycles. The van der Waals surface area contributed by atoms with Gasteiger partial charge in [0.15, 0.2) is 0 Å². The molecule has 2 aliphatic rings. The Balaban J connectivity index is 1.56. The molecular formula is C34H20O2. The van der Waals surface area contributed by atoms with Gasteiger partial charge in [-0.05, 0) is 91.0 Å². The molecule has 0 unspecified atom stereocenters. The quantitative estimate of drug-likeness (QED) is 0.176. The van der Waals surface area contributed by atoms with Crippen LogP contribution in [0.15, 0.2) is 84.9 Å². The van der Waals surface area contributed by atoms with E-state index in [4.69, 9.17) is 0 Å². The average molecular weight is 461 g/mol. The van der Waals surface area contributed by atoms with Gasteiger partial charge in [0.1, 0.15) is 11.5 Å². The van der Waals surface area contributed by atoms with Crippen LogP contribution < -0.4 is 0 Å². The van der Waals surface area contributed by atoms with Gasteiger partial charge >= 0.3 is 0 Å². The SMILES string of the molecule is Oc1cc2c3c(ccc4c5ccc6c7c(cc(O)c(c1c34)c75)-c1ccccc1C6)Cc1ccccc1-2. The zero-order valence-electron chi connectivity index (χ0n) is 19.4. The summed E-state index contributed by atoms with van der Waals surface area (Å²) in [6, 6.07) is 29.7. The topological polar surface area (TPSA) is 40.5 Å². The maximum atomic E-state index is 11.6. The molecule has 9 rings (SSSR count). The summed E-state index contributed by atoms with van der Waals surface area (Å²) in [5, 5.41) is 31.4. The van der Waals surface area contributed by atoms with Gasteiger partial charge < -0.3 is 10.2 Å². The minimum Gasteiger partial charge on any atom is -0.507 e. The molecule has 0 heterocycles. The van der Waals surface area contributed by atoms with Gasteiger partial charge in [0.25, 0.3) is 0 Å². The lowest BCUT2D eigenvalue weighted by molar-refractivity contribution is 0.477. The molecule has 7 aromatic carbocycles. The van der Waals surface area contributed by atoms with E-state index in [-0.39, 0.29) is 11.5 Å². The highest BCUT2D eigenvalue weighted by Crippen LogP contribution is 2.54. The standard InChI is InChI=1S/C34H20O2/c35-27-15-25-21-7-3-1-5-17(21)13-19-9-11-23-24-12-10-20-14-18-6-2-4-8-22(18)26-16-28(36)34(32(24)30(20)26)33(27)31(23)29(19)25/h1-12,15-16,35-36H,13-14H2. The van der Waals surface area contributed by atoms with Crippen LogP contribution in [-0.2, 0) is 12.8 Å². The number of phenolic OH excluding ortho intramolecular Hbond substituents is 2. The van der Waals surface area contributed by atoms with E-state index in [1.54, 1.807) is 0 Å². The van der Waals surface area contributed by atoms with Gasteiger partial charge in [0, 0.05) is 21.5 Å². The van der Waals surface area contributed by atoms with E-state index in [9.17, 15) is 10.2 Å². The summed E-state index contributed by atoms with van der Waals surface area (Å²) in [7, 11) is 0. The largest absolute Gasteiger partial charge is 0.507 e. The molecule has 0 saturated carbocycles. The highest BCUT2D eigenvalue weighted by atomic mass is 16.3. The van der Waals surface area contributed by atoms with E-state index >= 15 is 0 Å². The van der Waals surface area contributed by atoms with Crippen molar-refractivity contribution in [2.45, 2.75) is 12.8 Å². The van der Waals surface area contributed by atoms with Crippen LogP contribution in [0.2, 0.25) is 0 Å². The van der Waals surface area contributed by atoms with Crippen LogP contribution in [0.25, 0.3) is 65.3 Å². The first-order valence-electron chi connectivity index (χ1n) is 12.5. The summed E-state index contributed by atoms with van der Waals surface area (Å²) in [6.07, 6.45) is 1.74. The Morgan fingerprint density at radius 1 is 0.389 bits per heavy atom. The molecule has 2 heteroatoms. The lowest BCUT2D eigenvalue weighted by Crippen LogP contribution is -2.04. The highest BCUT2D eigenvalue weighted by molar-refractivity contribution is 6.38. The van der Waals surface area contributed by atoms with Crippen LogP contribution in [0.4, 0.5) is 0 Å². The first kappa shape index (κ1) is 18.7. The Hall–Kier alpha value is -4.56. The van der Waals surface area contributed by atoms with Crippen LogP contribution in [0.3, 0.4) is 0 Å². The van der Waals surface area contributed by atoms with Crippen LogP contribution in [0, 0.1) is 0 Å². The van der Waals surface area contributed by atoms with Crippen molar-refractivity contribution < 1.29 is 10.2 Å². The smallest absolute Gasteiger partial charge is 0.124 e. The molecule has 0 aliphatic heterocycles. The molecular weight excluding hydrogens is 440 g/mol. The van der Waals surface area contributed by atoms with Crippen molar-refractivity contribution in [3.63, 3.8) is 0 Å². The van der Waals surface area contributed by atoms with Crippen LogP contribution >= 0.6 is 0 Å². The number of hydrogen-bond donors (Lipinski definition) is 2. The zero-order valence-corrected chi connectivity index (χ0v) is 19.4. The molecule has 7 aromatic rings. The van der Waals surface area contributed by atoms with Crippen molar-refractivity contribution in [3.8, 4) is 33.8 Å². The number of hydrogen-bond acceptors (Lipinski definition) is 2. The second-order valence-electron chi connectivity index (χ2n) is 10.3. The Morgan fingerprint density at radius 2 is 0.833 bits per heavy atom. The van der Waals surface area contributed by atoms with Crippen molar-refractivity contribution >= 4 is 43.1 Å². The molecule has 0 amide bonds. The lowest BCUT2D eigenvalue weighted by atomic mass is 9.77. The van der Waals surface area contributed by atoms with Crippen molar-refractivity contribution in [1.82, 2.24) is 0 Å². The molecule has 2 N–H and O–H groups in total. The number of phenols is 2. The number of benzene rings is 7. The molecule has 0 atom stereocenters. The predicted molar refractivity (Wildman–Crippen MR) is 147 cm³/mol. The summed E-state index contributed by atoms with van der Waals surface area (Å²) in [5.74, 6) is 0.455. The maximum Gasteiger partial charge on any atom is 0.124 e. The van der Waals surface area contributed by atoms with Crippen LogP contribution in [0.1, 0.15) is 22.3 Å². The normalized spacial score (nSPS) is 13.6. The molecule has 2 nitrogen and oxygen atoms in total. The van der Waals surface area contributed by atoms with Crippen molar-refractivity contribution in [3.05, 3.63) is 107 Å². The lowest BCUT2D eigenvalue weighted by Gasteiger charge is -2.27. The molecule has 36 heavy (non-hydrogen) atoms. The monoisotopic (exact) mass is 460 g/mol. The molecule has 2 aliphatic carbocycles. The van der Waals surface area contributed by atoms with Gasteiger partial charge in [0.05, 0.1) is 0 Å². The minimum absolute atomic E-state index is 0.227. The average Bonchev–Trinajstić information content (AvgIpc) is 2.90. The maximum absolute atomic E-state index is 11.6. The second kappa shape index (κ2) is 6.16. The van der Waals surface area contributed by atoms with Crippen LogP contribution in [0.5, 0.6) is 11.5 Å². The molecule has 0 bridgehead atoms. The number of aromatic hydroxyl groups is 2. The van der Waals surface area contributed by atoms with Crippen molar-refractivity contribution in [2.75, 3.05) is 0 Å².